The second kappa shape index (κ2) is 18.1. The van der Waals surface area contributed by atoms with E-state index in [1.165, 1.54) is 24.0 Å². The lowest BCUT2D eigenvalue weighted by molar-refractivity contribution is -0.156. The number of ether oxygens (including phenoxy) is 3. The van der Waals surface area contributed by atoms with Gasteiger partial charge in [0.2, 0.25) is 0 Å². The van der Waals surface area contributed by atoms with Crippen LogP contribution in [-0.2, 0) is 46.1 Å². The molecule has 13 heteroatoms. The van der Waals surface area contributed by atoms with Crippen molar-refractivity contribution in [2.24, 2.45) is 0 Å². The van der Waals surface area contributed by atoms with Crippen LogP contribution in [0.15, 0.2) is 91.0 Å². The Bertz CT molecular complexity index is 1540. The number of hydrogen-bond donors (Lipinski definition) is 2. The molecule has 0 aromatic heterocycles. The molecule has 2 N–H and O–H groups in total. The summed E-state index contributed by atoms with van der Waals surface area (Å²) in [4.78, 5) is 63.7. The smallest absolute Gasteiger partial charge is 0.407 e. The van der Waals surface area contributed by atoms with Crippen LogP contribution in [0.2, 0.25) is 0 Å². The molecular weight excluding hydrogens is 639 g/mol. The van der Waals surface area contributed by atoms with Crippen LogP contribution in [0, 0.1) is 0 Å². The lowest BCUT2D eigenvalue weighted by Crippen LogP contribution is -2.46. The van der Waals surface area contributed by atoms with Crippen molar-refractivity contribution in [3.8, 4) is 0 Å². The summed E-state index contributed by atoms with van der Waals surface area (Å²) in [6, 6.07) is 25.4. The van der Waals surface area contributed by atoms with Gasteiger partial charge >= 0.3 is 25.6 Å². The number of amides is 2. The largest absolute Gasteiger partial charge is 0.459 e. The topological polar surface area (TPSA) is 158 Å². The predicted octanol–water partition coefficient (Wildman–Crippen LogP) is 5.59. The Balaban J connectivity index is 1.37. The number of unbranched alkanes of at least 4 members (excludes halogenated alkanes) is 1. The summed E-state index contributed by atoms with van der Waals surface area (Å²) in [7, 11) is -4.71. The first-order valence-electron chi connectivity index (χ1n) is 15.9. The normalized spacial score (nSPS) is 16.6. The highest BCUT2D eigenvalue weighted by atomic mass is 31.2. The first-order chi connectivity index (χ1) is 23.1. The molecule has 256 valence electrons. The van der Waals surface area contributed by atoms with Gasteiger partial charge in [-0.15, -0.1) is 0 Å². The maximum absolute atomic E-state index is 13.8. The molecule has 0 radical (unpaired) electrons. The van der Waals surface area contributed by atoms with Gasteiger partial charge < -0.3 is 29.3 Å². The molecule has 4 atom stereocenters. The van der Waals surface area contributed by atoms with Crippen LogP contribution in [0.1, 0.15) is 60.5 Å². The summed E-state index contributed by atoms with van der Waals surface area (Å²) >= 11 is 0. The van der Waals surface area contributed by atoms with Crippen LogP contribution in [0.5, 0.6) is 0 Å². The highest BCUT2D eigenvalue weighted by Crippen LogP contribution is 2.50. The summed E-state index contributed by atoms with van der Waals surface area (Å²) in [5, 5.41) is 2.64. The number of benzene rings is 3. The molecule has 0 aliphatic carbocycles. The Kier molecular flexibility index (Phi) is 13.7. The van der Waals surface area contributed by atoms with E-state index in [1.807, 2.05) is 60.7 Å². The van der Waals surface area contributed by atoms with Gasteiger partial charge in [0.05, 0.1) is 5.56 Å². The number of esters is 2. The van der Waals surface area contributed by atoms with Crippen molar-refractivity contribution >= 4 is 31.5 Å². The van der Waals surface area contributed by atoms with Crippen LogP contribution in [0.3, 0.4) is 0 Å². The number of rotatable bonds is 16. The maximum atomic E-state index is 13.8. The summed E-state index contributed by atoms with van der Waals surface area (Å²) in [6.45, 7) is 1.81. The molecular formula is C35H41N2O10P. The van der Waals surface area contributed by atoms with Gasteiger partial charge in [0.15, 0.2) is 5.85 Å². The molecule has 4 rings (SSSR count). The minimum absolute atomic E-state index is 0.00817. The van der Waals surface area contributed by atoms with E-state index >= 15 is 0 Å². The van der Waals surface area contributed by atoms with Gasteiger partial charge in [-0.3, -0.25) is 13.9 Å². The predicted molar refractivity (Wildman–Crippen MR) is 175 cm³/mol. The fraction of sp³-hybridized carbons (Fsp3) is 0.371. The van der Waals surface area contributed by atoms with Crippen molar-refractivity contribution in [1.82, 2.24) is 10.2 Å². The third-order valence-corrected chi connectivity index (χ3v) is 9.29. The molecule has 1 aliphatic rings. The molecule has 3 aromatic carbocycles. The van der Waals surface area contributed by atoms with Crippen molar-refractivity contribution < 1.29 is 47.4 Å². The fourth-order valence-electron chi connectivity index (χ4n) is 5.06. The Hall–Kier alpha value is -4.51. The standard InChI is InChI=1S/C35H41N2O10P/c1-26(46-33(39)29-18-9-4-10-19-29)48(42,43)47-31(21-11-12-22-36-35(41)45-25-28-16-7-3-8-17-28)32(38)37-23-13-20-30(37)34(40)44-24-27-14-5-2-6-15-27/h2-10,14-19,26,30-31H,11-13,20-25H2,1H3,(H,36,41)(H,42,43)/t26?,30-,31-/m0/s1. The number of likely N-dealkylation sites (tertiary alicyclic amines) is 1. The van der Waals surface area contributed by atoms with E-state index in [9.17, 15) is 28.6 Å². The lowest BCUT2D eigenvalue weighted by atomic mass is 10.1. The highest BCUT2D eigenvalue weighted by Gasteiger charge is 2.42. The van der Waals surface area contributed by atoms with E-state index in [0.29, 0.717) is 25.7 Å². The molecule has 1 heterocycles. The van der Waals surface area contributed by atoms with E-state index < -0.39 is 49.5 Å². The van der Waals surface area contributed by atoms with Crippen molar-refractivity contribution in [3.05, 3.63) is 108 Å². The van der Waals surface area contributed by atoms with Gasteiger partial charge in [-0.05, 0) is 62.3 Å². The van der Waals surface area contributed by atoms with Crippen molar-refractivity contribution in [1.29, 1.82) is 0 Å². The summed E-state index contributed by atoms with van der Waals surface area (Å²) < 4.78 is 34.9. The maximum Gasteiger partial charge on any atom is 0.407 e. The van der Waals surface area contributed by atoms with Gasteiger partial charge in [0, 0.05) is 13.1 Å². The summed E-state index contributed by atoms with van der Waals surface area (Å²) in [5.74, 6) is -3.65. The van der Waals surface area contributed by atoms with E-state index in [-0.39, 0.29) is 38.3 Å². The average Bonchev–Trinajstić information content (AvgIpc) is 3.60. The van der Waals surface area contributed by atoms with Gasteiger partial charge in [-0.25, -0.2) is 14.4 Å². The lowest BCUT2D eigenvalue weighted by Gasteiger charge is -2.30. The quantitative estimate of drug-likeness (QED) is 0.0846. The first kappa shape index (κ1) is 36.3. The van der Waals surface area contributed by atoms with E-state index in [2.05, 4.69) is 5.32 Å². The number of carbonyl (C=O) groups excluding carboxylic acids is 4. The van der Waals surface area contributed by atoms with Crippen molar-refractivity contribution in [3.63, 3.8) is 0 Å². The molecule has 1 aliphatic heterocycles. The third-order valence-electron chi connectivity index (χ3n) is 7.71. The zero-order valence-corrected chi connectivity index (χ0v) is 27.7. The van der Waals surface area contributed by atoms with E-state index in [4.69, 9.17) is 18.7 Å². The second-order valence-corrected chi connectivity index (χ2v) is 13.4. The van der Waals surface area contributed by atoms with Crippen LogP contribution in [0.4, 0.5) is 4.79 Å². The number of hydrogen-bond acceptors (Lipinski definition) is 9. The SMILES string of the molecule is CC(OC(=O)c1ccccc1)P(=O)(O)O[C@@H](CCCCNC(=O)OCc1ccccc1)C(=O)N1CCC[C@H]1C(=O)OCc1ccccc1. The zero-order chi connectivity index (χ0) is 34.4. The summed E-state index contributed by atoms with van der Waals surface area (Å²) in [5.41, 5.74) is 1.81. The van der Waals surface area contributed by atoms with E-state index in [1.54, 1.807) is 18.2 Å². The van der Waals surface area contributed by atoms with Crippen LogP contribution in [-0.4, -0.2) is 64.8 Å². The molecule has 2 amide bonds. The Morgan fingerprint density at radius 1 is 0.875 bits per heavy atom. The number of nitrogens with zero attached hydrogens (tertiary/aromatic N) is 1. The van der Waals surface area contributed by atoms with Crippen molar-refractivity contribution in [2.75, 3.05) is 13.1 Å². The second-order valence-electron chi connectivity index (χ2n) is 11.3. The molecule has 1 fully saturated rings. The minimum atomic E-state index is -4.71. The highest BCUT2D eigenvalue weighted by molar-refractivity contribution is 7.53. The van der Waals surface area contributed by atoms with Gasteiger partial charge in [0.1, 0.15) is 25.4 Å². The monoisotopic (exact) mass is 680 g/mol. The Morgan fingerprint density at radius 3 is 2.08 bits per heavy atom. The fourth-order valence-corrected chi connectivity index (χ4v) is 6.02. The third kappa shape index (κ3) is 11.0. The van der Waals surface area contributed by atoms with Gasteiger partial charge in [0.25, 0.3) is 5.91 Å². The number of nitrogens with one attached hydrogen (secondary N) is 1. The molecule has 3 aromatic rings. The molecule has 12 nitrogen and oxygen atoms in total. The van der Waals surface area contributed by atoms with Gasteiger partial charge in [-0.1, -0.05) is 78.9 Å². The van der Waals surface area contributed by atoms with Crippen LogP contribution in [0.25, 0.3) is 0 Å². The summed E-state index contributed by atoms with van der Waals surface area (Å²) in [6.07, 6.45) is -0.457. The zero-order valence-electron chi connectivity index (χ0n) is 26.8. The molecule has 0 saturated carbocycles. The van der Waals surface area contributed by atoms with Crippen LogP contribution < -0.4 is 5.32 Å². The molecule has 1 saturated heterocycles. The molecule has 48 heavy (non-hydrogen) atoms. The Morgan fingerprint density at radius 2 is 1.46 bits per heavy atom. The number of alkyl carbamates (subject to hydrolysis) is 1. The first-order valence-corrected chi connectivity index (χ1v) is 17.5. The van der Waals surface area contributed by atoms with Gasteiger partial charge in [-0.2, -0.15) is 0 Å². The molecule has 2 unspecified atom stereocenters. The minimum Gasteiger partial charge on any atom is -0.459 e. The number of carbonyl (C=O) groups is 4. The van der Waals surface area contributed by atoms with Crippen molar-refractivity contribution in [2.45, 2.75) is 70.2 Å². The van der Waals surface area contributed by atoms with Crippen LogP contribution >= 0.6 is 7.60 Å². The molecule has 0 bridgehead atoms. The Labute approximate surface area is 279 Å². The average molecular weight is 681 g/mol. The van der Waals surface area contributed by atoms with E-state index in [0.717, 1.165) is 11.1 Å². The molecule has 0 spiro atoms.